The molecule has 0 spiro atoms. The molecule has 0 fully saturated rings. The molecule has 1 rings (SSSR count). The molecular formula is C9H15NS. The summed E-state index contributed by atoms with van der Waals surface area (Å²) in [6.07, 6.45) is 7.79. The zero-order chi connectivity index (χ0) is 8.10. The van der Waals surface area contributed by atoms with Crippen molar-refractivity contribution in [3.8, 4) is 0 Å². The average Bonchev–Trinajstić information content (AvgIpc) is 2.03. The maximum Gasteiger partial charge on any atom is 0.0491 e. The van der Waals surface area contributed by atoms with E-state index in [1.54, 1.807) is 0 Å². The second kappa shape index (κ2) is 4.60. The molecule has 0 N–H and O–H groups in total. The number of nitrogens with zero attached hydrogens (tertiary/aromatic N) is 1. The lowest BCUT2D eigenvalue weighted by molar-refractivity contribution is 0.690. The molecule has 0 aromatic rings. The fourth-order valence-electron chi connectivity index (χ4n) is 1.21. The molecule has 1 nitrogen and oxygen atoms in total. The zero-order valence-electron chi connectivity index (χ0n) is 7.01. The number of allylic oxidation sites excluding steroid dienone is 2. The van der Waals surface area contributed by atoms with Gasteiger partial charge in [-0.25, -0.2) is 0 Å². The van der Waals surface area contributed by atoms with Gasteiger partial charge in [0, 0.05) is 16.8 Å². The first-order valence-electron chi connectivity index (χ1n) is 4.28. The lowest BCUT2D eigenvalue weighted by Gasteiger charge is -2.12. The van der Waals surface area contributed by atoms with Gasteiger partial charge in [-0.2, -0.15) is 0 Å². The lowest BCUT2D eigenvalue weighted by atomic mass is 10.1. The molecule has 0 unspecified atom stereocenters. The molecule has 0 aromatic heterocycles. The Bertz CT molecular complexity index is 182. The molecule has 0 aliphatic heterocycles. The smallest absolute Gasteiger partial charge is 0.0491 e. The van der Waals surface area contributed by atoms with Crippen molar-refractivity contribution in [1.82, 2.24) is 0 Å². The van der Waals surface area contributed by atoms with Crippen molar-refractivity contribution >= 4 is 18.8 Å². The average molecular weight is 169 g/mol. The second-order valence-electron chi connectivity index (χ2n) is 2.82. The fraction of sp³-hybridized carbons (Fsp3) is 0.667. The number of aliphatic imine (C=N–C) groups is 1. The third kappa shape index (κ3) is 2.70. The summed E-state index contributed by atoms with van der Waals surface area (Å²) < 4.78 is 0. The van der Waals surface area contributed by atoms with Gasteiger partial charge in [0.1, 0.15) is 0 Å². The molecule has 1 aliphatic rings. The Labute approximate surface area is 74.0 Å². The van der Waals surface area contributed by atoms with Gasteiger partial charge in [0.2, 0.25) is 0 Å². The van der Waals surface area contributed by atoms with E-state index < -0.39 is 0 Å². The molecule has 11 heavy (non-hydrogen) atoms. The van der Waals surface area contributed by atoms with Crippen LogP contribution in [0.5, 0.6) is 0 Å². The minimum absolute atomic E-state index is 1.02. The monoisotopic (exact) mass is 169 g/mol. The van der Waals surface area contributed by atoms with Gasteiger partial charge < -0.3 is 0 Å². The van der Waals surface area contributed by atoms with Gasteiger partial charge in [0.15, 0.2) is 0 Å². The Kier molecular flexibility index (Phi) is 3.70. The highest BCUT2D eigenvalue weighted by Crippen LogP contribution is 2.27. The Morgan fingerprint density at radius 2 is 2.18 bits per heavy atom. The van der Waals surface area contributed by atoms with Crippen molar-refractivity contribution in [3.05, 3.63) is 10.6 Å². The van der Waals surface area contributed by atoms with E-state index >= 15 is 0 Å². The summed E-state index contributed by atoms with van der Waals surface area (Å²) in [5.41, 5.74) is 1.21. The first kappa shape index (κ1) is 8.85. The molecular weight excluding hydrogens is 154 g/mol. The van der Waals surface area contributed by atoms with E-state index in [1.165, 1.54) is 23.4 Å². The van der Waals surface area contributed by atoms with Crippen molar-refractivity contribution < 1.29 is 0 Å². The minimum Gasteiger partial charge on any atom is -0.265 e. The predicted molar refractivity (Wildman–Crippen MR) is 53.3 cm³/mol. The standard InChI is InChI=1S/C9H15NS/c1-2-7-10-8-5-3-4-6-9(8)11/h7,11H,2-6H2,1H3/b10-7-. The van der Waals surface area contributed by atoms with Crippen molar-refractivity contribution in [1.29, 1.82) is 0 Å². The number of hydrogen-bond acceptors (Lipinski definition) is 2. The molecule has 0 radical (unpaired) electrons. The molecule has 2 heteroatoms. The van der Waals surface area contributed by atoms with Gasteiger partial charge in [-0.15, -0.1) is 12.6 Å². The Balaban J connectivity index is 2.59. The Morgan fingerprint density at radius 1 is 1.45 bits per heavy atom. The summed E-state index contributed by atoms with van der Waals surface area (Å²) in [5.74, 6) is 0. The third-order valence-corrected chi connectivity index (χ3v) is 2.32. The van der Waals surface area contributed by atoms with Crippen molar-refractivity contribution in [2.24, 2.45) is 4.99 Å². The normalized spacial score (nSPS) is 19.8. The van der Waals surface area contributed by atoms with Crippen LogP contribution in [0.1, 0.15) is 39.0 Å². The summed E-state index contributed by atoms with van der Waals surface area (Å²) in [4.78, 5) is 5.56. The topological polar surface area (TPSA) is 12.4 Å². The van der Waals surface area contributed by atoms with E-state index in [0.29, 0.717) is 0 Å². The molecule has 0 heterocycles. The van der Waals surface area contributed by atoms with Crippen LogP contribution in [0.15, 0.2) is 15.6 Å². The first-order chi connectivity index (χ1) is 5.34. The first-order valence-corrected chi connectivity index (χ1v) is 4.73. The maximum absolute atomic E-state index is 4.40. The summed E-state index contributed by atoms with van der Waals surface area (Å²) in [6.45, 7) is 2.10. The van der Waals surface area contributed by atoms with Crippen LogP contribution < -0.4 is 0 Å². The SMILES string of the molecule is CC/C=N\C1=C(S)CCCC1. The highest BCUT2D eigenvalue weighted by molar-refractivity contribution is 7.84. The minimum atomic E-state index is 1.02. The van der Waals surface area contributed by atoms with Crippen LogP contribution in [0.2, 0.25) is 0 Å². The summed E-state index contributed by atoms with van der Waals surface area (Å²) in [6, 6.07) is 0. The molecule has 0 bridgehead atoms. The zero-order valence-corrected chi connectivity index (χ0v) is 7.90. The highest BCUT2D eigenvalue weighted by Gasteiger charge is 2.07. The summed E-state index contributed by atoms with van der Waals surface area (Å²) in [7, 11) is 0. The number of thiol groups is 1. The van der Waals surface area contributed by atoms with Crippen LogP contribution in [0.3, 0.4) is 0 Å². The Hall–Kier alpha value is -0.240. The van der Waals surface area contributed by atoms with Crippen molar-refractivity contribution in [2.75, 3.05) is 0 Å². The summed E-state index contributed by atoms with van der Waals surface area (Å²) in [5, 5.41) is 0. The van der Waals surface area contributed by atoms with Gasteiger partial charge >= 0.3 is 0 Å². The van der Waals surface area contributed by atoms with E-state index in [4.69, 9.17) is 0 Å². The molecule has 1 aliphatic carbocycles. The van der Waals surface area contributed by atoms with Crippen LogP contribution in [0.25, 0.3) is 0 Å². The van der Waals surface area contributed by atoms with Crippen LogP contribution in [0.4, 0.5) is 0 Å². The molecule has 0 saturated carbocycles. The van der Waals surface area contributed by atoms with E-state index in [0.717, 1.165) is 19.3 Å². The third-order valence-electron chi connectivity index (χ3n) is 1.84. The van der Waals surface area contributed by atoms with Crippen LogP contribution in [-0.4, -0.2) is 6.21 Å². The highest BCUT2D eigenvalue weighted by atomic mass is 32.1. The Morgan fingerprint density at radius 3 is 2.82 bits per heavy atom. The fourth-order valence-corrected chi connectivity index (χ4v) is 1.54. The van der Waals surface area contributed by atoms with E-state index in [-0.39, 0.29) is 0 Å². The van der Waals surface area contributed by atoms with E-state index in [1.807, 2.05) is 6.21 Å². The molecule has 0 amide bonds. The van der Waals surface area contributed by atoms with Crippen LogP contribution >= 0.6 is 12.6 Å². The molecule has 62 valence electrons. The molecule has 0 saturated heterocycles. The maximum atomic E-state index is 4.40. The van der Waals surface area contributed by atoms with Gasteiger partial charge in [-0.3, -0.25) is 4.99 Å². The summed E-state index contributed by atoms with van der Waals surface area (Å²) >= 11 is 4.40. The lowest BCUT2D eigenvalue weighted by Crippen LogP contribution is -1.93. The van der Waals surface area contributed by atoms with Gasteiger partial charge in [-0.1, -0.05) is 6.92 Å². The number of rotatable bonds is 2. The van der Waals surface area contributed by atoms with E-state index in [9.17, 15) is 0 Å². The van der Waals surface area contributed by atoms with Crippen LogP contribution in [0, 0.1) is 0 Å². The largest absolute Gasteiger partial charge is 0.265 e. The quantitative estimate of drug-likeness (QED) is 0.481. The molecule has 0 atom stereocenters. The van der Waals surface area contributed by atoms with Gasteiger partial charge in [-0.05, 0) is 32.1 Å². The van der Waals surface area contributed by atoms with Gasteiger partial charge in [0.25, 0.3) is 0 Å². The molecule has 0 aromatic carbocycles. The van der Waals surface area contributed by atoms with E-state index in [2.05, 4.69) is 24.5 Å². The second-order valence-corrected chi connectivity index (χ2v) is 3.36. The van der Waals surface area contributed by atoms with Crippen molar-refractivity contribution in [2.45, 2.75) is 39.0 Å². The van der Waals surface area contributed by atoms with Gasteiger partial charge in [0.05, 0.1) is 0 Å². The predicted octanol–water partition coefficient (Wildman–Crippen LogP) is 3.18. The number of hydrogen-bond donors (Lipinski definition) is 1. The van der Waals surface area contributed by atoms with Crippen LogP contribution in [-0.2, 0) is 0 Å². The van der Waals surface area contributed by atoms with Crippen molar-refractivity contribution in [3.63, 3.8) is 0 Å².